The highest BCUT2D eigenvalue weighted by molar-refractivity contribution is 7.75. The summed E-state index contributed by atoms with van der Waals surface area (Å²) in [5.41, 5.74) is 11.4. The third-order valence-corrected chi connectivity index (χ3v) is 21.8. The summed E-state index contributed by atoms with van der Waals surface area (Å²) in [5, 5.41) is 16.9. The minimum atomic E-state index is 0.0460. The molecule has 0 spiro atoms. The minimum absolute atomic E-state index is 0.0460. The fraction of sp³-hybridized carbons (Fsp3) is 0.744. The molecule has 0 heterocycles. The molecule has 15 nitrogen and oxygen atoms in total. The molecule has 5 aromatic rings. The van der Waals surface area contributed by atoms with E-state index in [1.807, 2.05) is 14.1 Å². The van der Waals surface area contributed by atoms with Gasteiger partial charge in [-0.25, -0.2) is 0 Å². The van der Waals surface area contributed by atoms with Crippen molar-refractivity contribution in [1.29, 1.82) is 0 Å². The number of nitrogens with zero attached hydrogens (tertiary/aromatic N) is 5. The van der Waals surface area contributed by atoms with Gasteiger partial charge in [0.1, 0.15) is 0 Å². The second kappa shape index (κ2) is 49.5. The molecule has 0 unspecified atom stereocenters. The lowest BCUT2D eigenvalue weighted by atomic mass is 9.83. The van der Waals surface area contributed by atoms with Gasteiger partial charge in [-0.2, -0.15) is 0 Å². The fourth-order valence-electron chi connectivity index (χ4n) is 11.1. The predicted octanol–water partition coefficient (Wildman–Crippen LogP) is 19.7. The molecule has 0 atom stereocenters. The van der Waals surface area contributed by atoms with Crippen molar-refractivity contribution in [3.05, 3.63) is 72.9 Å². The SMILES string of the molecule is CCCN(C)CCOCCNc1c(C(C)(C)C)c(=S)c1=S.CCCN(CC)CCOCCNc1c(C(C)(C)C)c(=S)c1=S.CCN(C)CCOCCNc1c(C(C)(C)C)c(=S)c1=S.CCN(CC)CCOCCNc1c(C(C)(C)C)c(=S)c1=S.CN(C)CCOCCNc1c(C(C)(C)C)c(=S)c1=S. The van der Waals surface area contributed by atoms with E-state index in [0.29, 0.717) is 33.0 Å². The molecular weight excluding hydrogens is 1480 g/mol. The maximum atomic E-state index is 5.71. The minimum Gasteiger partial charge on any atom is -0.381 e. The largest absolute Gasteiger partial charge is 0.381 e. The van der Waals surface area contributed by atoms with E-state index in [4.69, 9.17) is 146 Å². The van der Waals surface area contributed by atoms with Crippen LogP contribution in [0.15, 0.2) is 0 Å². The molecular formula is C78H136N10O5S10. The number of ether oxygens (including phenoxy) is 5. The van der Waals surface area contributed by atoms with Crippen molar-refractivity contribution in [2.24, 2.45) is 0 Å². The monoisotopic (exact) mass is 1610 g/mol. The molecule has 0 aliphatic carbocycles. The van der Waals surface area contributed by atoms with Crippen LogP contribution < -0.4 is 26.6 Å². The topological polar surface area (TPSA) is 122 Å². The van der Waals surface area contributed by atoms with Gasteiger partial charge in [0.05, 0.1) is 140 Å². The van der Waals surface area contributed by atoms with E-state index >= 15 is 0 Å². The molecule has 0 fully saturated rings. The Morgan fingerprint density at radius 1 is 0.252 bits per heavy atom. The Morgan fingerprint density at radius 2 is 0.476 bits per heavy atom. The van der Waals surface area contributed by atoms with Crippen molar-refractivity contribution in [3.63, 3.8) is 0 Å². The van der Waals surface area contributed by atoms with Crippen LogP contribution in [-0.2, 0) is 50.8 Å². The zero-order valence-electron chi connectivity index (χ0n) is 68.2. The van der Waals surface area contributed by atoms with Crippen LogP contribution in [0, 0.1) is 45.1 Å². The molecule has 0 aromatic heterocycles. The lowest BCUT2D eigenvalue weighted by Crippen LogP contribution is -2.28. The van der Waals surface area contributed by atoms with Gasteiger partial charge in [-0.3, -0.25) is 0 Å². The Balaban J connectivity index is 0.000000644. The van der Waals surface area contributed by atoms with Gasteiger partial charge in [0.25, 0.3) is 0 Å². The molecule has 0 bridgehead atoms. The van der Waals surface area contributed by atoms with Gasteiger partial charge in [0, 0.05) is 93.3 Å². The first-order valence-corrected chi connectivity index (χ1v) is 41.3. The lowest BCUT2D eigenvalue weighted by molar-refractivity contribution is 0.113. The standard InChI is InChI=1S/C17H30N2OS2.2C16H28N2OS2.C15H26N2OS2.C14H24N2OS2/c1-6-9-19(7-2)10-12-20-11-8-18-14-13(17(3,4)5)15(21)16(14)22;1-6-8-18(5)9-11-19-10-7-17-13-12(16(2,3)4)14(20)15(13)21;1-6-18(7-2)9-11-19-10-8-17-13-12(16(3,4)5)14(20)15(13)21;1-6-17(5)8-10-18-9-7-16-12-11(15(2,3)4)13(19)14(12)20;1-14(2,3)10-11(13(19)12(10)18)15-6-8-17-9-7-16(4)5/h18H,6-12H2,1-5H3;2*17H,6-11H2,1-5H3;16H,6-10H2,1-5H3;15H,6-9H2,1-5H3. The summed E-state index contributed by atoms with van der Waals surface area (Å²) in [6, 6.07) is 0. The third kappa shape index (κ3) is 34.6. The van der Waals surface area contributed by atoms with Crippen LogP contribution in [0.2, 0.25) is 0 Å². The average molecular weight is 1610 g/mol. The summed E-state index contributed by atoms with van der Waals surface area (Å²) in [4.78, 5) is 11.4. The zero-order chi connectivity index (χ0) is 78.8. The smallest absolute Gasteiger partial charge is 0.0796 e. The summed E-state index contributed by atoms with van der Waals surface area (Å²) in [5.74, 6) is 0. The molecule has 0 saturated heterocycles. The van der Waals surface area contributed by atoms with E-state index in [1.54, 1.807) is 0 Å². The first kappa shape index (κ1) is 99.2. The van der Waals surface area contributed by atoms with Gasteiger partial charge in [-0.1, -0.05) is 268 Å². The van der Waals surface area contributed by atoms with Gasteiger partial charge in [0.2, 0.25) is 0 Å². The molecule has 5 rings (SSSR count). The Labute approximate surface area is 676 Å². The van der Waals surface area contributed by atoms with Crippen LogP contribution in [0.4, 0.5) is 28.4 Å². The molecule has 0 saturated carbocycles. The summed E-state index contributed by atoms with van der Waals surface area (Å²) >= 11 is 53.4. The van der Waals surface area contributed by atoms with Crippen LogP contribution in [-0.4, -0.2) is 223 Å². The molecule has 5 N–H and O–H groups in total. The van der Waals surface area contributed by atoms with Crippen LogP contribution in [0.1, 0.15) is 186 Å². The molecule has 0 amide bonds. The summed E-state index contributed by atoms with van der Waals surface area (Å²) in [6.45, 7) is 68.1. The van der Waals surface area contributed by atoms with Crippen LogP contribution >= 0.6 is 122 Å². The van der Waals surface area contributed by atoms with Gasteiger partial charge in [-0.15, -0.1) is 0 Å². The van der Waals surface area contributed by atoms with Gasteiger partial charge in [-0.05, 0) is 107 Å². The summed E-state index contributed by atoms with van der Waals surface area (Å²) in [7, 11) is 8.29. The van der Waals surface area contributed by atoms with Crippen LogP contribution in [0.5, 0.6) is 0 Å². The normalized spacial score (nSPS) is 12.3. The lowest BCUT2D eigenvalue weighted by Gasteiger charge is -2.27. The predicted molar refractivity (Wildman–Crippen MR) is 472 cm³/mol. The van der Waals surface area contributed by atoms with E-state index in [-0.39, 0.29) is 27.1 Å². The van der Waals surface area contributed by atoms with Crippen molar-refractivity contribution in [2.75, 3.05) is 226 Å². The highest BCUT2D eigenvalue weighted by atomic mass is 32.1. The molecule has 0 radical (unpaired) electrons. The van der Waals surface area contributed by atoms with Crippen LogP contribution in [0.3, 0.4) is 0 Å². The van der Waals surface area contributed by atoms with E-state index in [9.17, 15) is 0 Å². The molecule has 588 valence electrons. The van der Waals surface area contributed by atoms with Gasteiger partial charge < -0.3 is 74.8 Å². The second-order valence-electron chi connectivity index (χ2n) is 31.5. The van der Waals surface area contributed by atoms with E-state index in [1.165, 1.54) is 40.7 Å². The van der Waals surface area contributed by atoms with E-state index in [0.717, 1.165) is 211 Å². The molecule has 5 aromatic carbocycles. The highest BCUT2D eigenvalue weighted by Crippen LogP contribution is 2.41. The first-order chi connectivity index (χ1) is 48.0. The molecule has 0 aliphatic rings. The molecule has 103 heavy (non-hydrogen) atoms. The van der Waals surface area contributed by atoms with Crippen LogP contribution in [0.25, 0.3) is 0 Å². The first-order valence-electron chi connectivity index (χ1n) is 37.2. The highest BCUT2D eigenvalue weighted by Gasteiger charge is 2.30. The van der Waals surface area contributed by atoms with Crippen molar-refractivity contribution in [1.82, 2.24) is 24.5 Å². The van der Waals surface area contributed by atoms with Crippen molar-refractivity contribution >= 4 is 151 Å². The van der Waals surface area contributed by atoms with Crippen molar-refractivity contribution in [2.45, 2.75) is 185 Å². The number of hydrogen-bond donors (Lipinski definition) is 5. The third-order valence-electron chi connectivity index (χ3n) is 17.1. The number of nitrogens with one attached hydrogen (secondary N) is 5. The molecule has 25 heteroatoms. The van der Waals surface area contributed by atoms with Gasteiger partial charge in [0.15, 0.2) is 0 Å². The Bertz CT molecular complexity index is 3620. The Kier molecular flexibility index (Phi) is 47.6. The van der Waals surface area contributed by atoms with E-state index in [2.05, 4.69) is 211 Å². The number of likely N-dealkylation sites (N-methyl/N-ethyl adjacent to an activating group) is 5. The summed E-state index contributed by atoms with van der Waals surface area (Å²) < 4.78 is 36.4. The van der Waals surface area contributed by atoms with Crippen molar-refractivity contribution in [3.8, 4) is 0 Å². The Hall–Kier alpha value is -1.80. The number of anilines is 5. The summed E-state index contributed by atoms with van der Waals surface area (Å²) in [6.07, 6.45) is 2.37. The van der Waals surface area contributed by atoms with Crippen molar-refractivity contribution < 1.29 is 23.7 Å². The fourth-order valence-corrected chi connectivity index (χ4v) is 15.1. The zero-order valence-corrected chi connectivity index (χ0v) is 76.3. The average Bonchev–Trinajstić information content (AvgIpc) is 0.794. The second-order valence-corrected chi connectivity index (χ2v) is 35.5. The van der Waals surface area contributed by atoms with Gasteiger partial charge >= 0.3 is 0 Å². The Morgan fingerprint density at radius 3 is 0.689 bits per heavy atom. The maximum absolute atomic E-state index is 5.71. The number of hydrogen-bond acceptors (Lipinski definition) is 25. The molecule has 0 aliphatic heterocycles. The van der Waals surface area contributed by atoms with E-state index < -0.39 is 0 Å². The number of rotatable bonds is 43. The quantitative estimate of drug-likeness (QED) is 0.0188. The maximum Gasteiger partial charge on any atom is 0.0796 e.